The van der Waals surface area contributed by atoms with Gasteiger partial charge in [0.2, 0.25) is 0 Å². The third kappa shape index (κ3) is 3.86. The molecule has 4 heteroatoms. The second-order valence-corrected chi connectivity index (χ2v) is 5.35. The highest BCUT2D eigenvalue weighted by atomic mass is 16.5. The Morgan fingerprint density at radius 1 is 1.23 bits per heavy atom. The predicted octanol–water partition coefficient (Wildman–Crippen LogP) is 3.17. The number of hydrogen-bond acceptors (Lipinski definition) is 3. The van der Waals surface area contributed by atoms with Gasteiger partial charge in [0.15, 0.2) is 6.10 Å². The Morgan fingerprint density at radius 3 is 2.68 bits per heavy atom. The maximum absolute atomic E-state index is 12.2. The fourth-order valence-electron chi connectivity index (χ4n) is 2.12. The fraction of sp³-hybridized carbons (Fsp3) is 0.278. The van der Waals surface area contributed by atoms with Crippen molar-refractivity contribution in [2.75, 3.05) is 5.32 Å². The molecule has 3 N–H and O–H groups in total. The van der Waals surface area contributed by atoms with Crippen LogP contribution in [0.25, 0.3) is 0 Å². The summed E-state index contributed by atoms with van der Waals surface area (Å²) in [5.41, 5.74) is 9.49. The van der Waals surface area contributed by atoms with Crippen molar-refractivity contribution in [1.82, 2.24) is 0 Å². The van der Waals surface area contributed by atoms with Crippen molar-refractivity contribution >= 4 is 11.6 Å². The summed E-state index contributed by atoms with van der Waals surface area (Å²) in [6, 6.07) is 13.3. The first-order valence-electron chi connectivity index (χ1n) is 7.34. The maximum Gasteiger partial charge on any atom is 0.265 e. The van der Waals surface area contributed by atoms with Gasteiger partial charge in [0.05, 0.1) is 0 Å². The largest absolute Gasteiger partial charge is 0.481 e. The minimum absolute atomic E-state index is 0.185. The Hall–Kier alpha value is -2.33. The molecule has 1 atom stereocenters. The van der Waals surface area contributed by atoms with E-state index in [-0.39, 0.29) is 5.91 Å². The number of anilines is 1. The van der Waals surface area contributed by atoms with Crippen molar-refractivity contribution in [3.63, 3.8) is 0 Å². The average Bonchev–Trinajstić information content (AvgIpc) is 2.52. The molecule has 0 aliphatic heterocycles. The molecule has 0 fully saturated rings. The van der Waals surface area contributed by atoms with E-state index in [4.69, 9.17) is 10.5 Å². The monoisotopic (exact) mass is 298 g/mol. The Kier molecular flexibility index (Phi) is 5.17. The van der Waals surface area contributed by atoms with Gasteiger partial charge in [-0.1, -0.05) is 24.3 Å². The van der Waals surface area contributed by atoms with Crippen LogP contribution in [0.5, 0.6) is 5.75 Å². The van der Waals surface area contributed by atoms with Crippen LogP contribution in [0.15, 0.2) is 42.5 Å². The zero-order valence-electron chi connectivity index (χ0n) is 13.2. The van der Waals surface area contributed by atoms with E-state index in [2.05, 4.69) is 5.32 Å². The number of ether oxygens (including phenoxy) is 1. The summed E-state index contributed by atoms with van der Waals surface area (Å²) in [4.78, 5) is 12.2. The molecule has 0 heterocycles. The topological polar surface area (TPSA) is 64.3 Å². The summed E-state index contributed by atoms with van der Waals surface area (Å²) in [5.74, 6) is 0.549. The van der Waals surface area contributed by atoms with Gasteiger partial charge < -0.3 is 15.8 Å². The molecule has 0 saturated carbocycles. The van der Waals surface area contributed by atoms with Crippen LogP contribution < -0.4 is 15.8 Å². The lowest BCUT2D eigenvalue weighted by Gasteiger charge is -2.17. The summed E-state index contributed by atoms with van der Waals surface area (Å²) in [6.45, 7) is 6.19. The molecule has 0 saturated heterocycles. The van der Waals surface area contributed by atoms with Crippen LogP contribution in [0.3, 0.4) is 0 Å². The first kappa shape index (κ1) is 16.0. The number of carbonyl (C=O) groups excluding carboxylic acids is 1. The van der Waals surface area contributed by atoms with Gasteiger partial charge in [-0.25, -0.2) is 0 Å². The van der Waals surface area contributed by atoms with Gasteiger partial charge in [-0.05, 0) is 55.7 Å². The van der Waals surface area contributed by atoms with Crippen molar-refractivity contribution in [1.29, 1.82) is 0 Å². The number of aryl methyl sites for hydroxylation is 1. The van der Waals surface area contributed by atoms with E-state index in [9.17, 15) is 4.79 Å². The van der Waals surface area contributed by atoms with E-state index in [1.54, 1.807) is 6.92 Å². The summed E-state index contributed by atoms with van der Waals surface area (Å²) in [7, 11) is 0. The lowest BCUT2D eigenvalue weighted by molar-refractivity contribution is -0.122. The van der Waals surface area contributed by atoms with Crippen LogP contribution in [0.2, 0.25) is 0 Å². The zero-order chi connectivity index (χ0) is 16.1. The fourth-order valence-corrected chi connectivity index (χ4v) is 2.12. The Labute approximate surface area is 131 Å². The van der Waals surface area contributed by atoms with Crippen LogP contribution in [-0.2, 0) is 11.3 Å². The van der Waals surface area contributed by atoms with Crippen molar-refractivity contribution in [3.8, 4) is 5.75 Å². The first-order chi connectivity index (χ1) is 10.5. The lowest BCUT2D eigenvalue weighted by atomic mass is 10.1. The number of nitrogens with two attached hydrogens (primary N) is 1. The molecule has 0 aliphatic carbocycles. The van der Waals surface area contributed by atoms with Crippen LogP contribution in [0.1, 0.15) is 23.6 Å². The molecule has 22 heavy (non-hydrogen) atoms. The van der Waals surface area contributed by atoms with Crippen molar-refractivity contribution in [2.45, 2.75) is 33.4 Å². The molecule has 2 aromatic carbocycles. The number of hydrogen-bond donors (Lipinski definition) is 2. The number of benzene rings is 2. The van der Waals surface area contributed by atoms with Crippen molar-refractivity contribution in [2.24, 2.45) is 5.73 Å². The van der Waals surface area contributed by atoms with Crippen molar-refractivity contribution in [3.05, 3.63) is 59.2 Å². The standard InChI is InChI=1S/C18H22N2O2/c1-12-6-4-9-17(13(12)2)22-14(3)18(21)20-16-8-5-7-15(10-16)11-19/h4-10,14H,11,19H2,1-3H3,(H,20,21). The third-order valence-electron chi connectivity index (χ3n) is 3.66. The van der Waals surface area contributed by atoms with E-state index in [1.807, 2.05) is 56.3 Å². The molecule has 116 valence electrons. The minimum Gasteiger partial charge on any atom is -0.481 e. The normalized spacial score (nSPS) is 11.8. The molecule has 0 spiro atoms. The van der Waals surface area contributed by atoms with Gasteiger partial charge in [-0.2, -0.15) is 0 Å². The van der Waals surface area contributed by atoms with Gasteiger partial charge >= 0.3 is 0 Å². The zero-order valence-corrected chi connectivity index (χ0v) is 13.2. The van der Waals surface area contributed by atoms with Gasteiger partial charge in [0.1, 0.15) is 5.75 Å². The highest BCUT2D eigenvalue weighted by Gasteiger charge is 2.16. The molecule has 0 radical (unpaired) electrons. The Bertz CT molecular complexity index is 668. The molecule has 4 nitrogen and oxygen atoms in total. The molecule has 0 aliphatic rings. The molecule has 1 unspecified atom stereocenters. The highest BCUT2D eigenvalue weighted by Crippen LogP contribution is 2.22. The lowest BCUT2D eigenvalue weighted by Crippen LogP contribution is -2.30. The molecule has 2 rings (SSSR count). The third-order valence-corrected chi connectivity index (χ3v) is 3.66. The average molecular weight is 298 g/mol. The maximum atomic E-state index is 12.2. The quantitative estimate of drug-likeness (QED) is 0.891. The molecule has 1 amide bonds. The Morgan fingerprint density at radius 2 is 1.95 bits per heavy atom. The Balaban J connectivity index is 2.04. The molecule has 2 aromatic rings. The van der Waals surface area contributed by atoms with E-state index in [0.717, 1.165) is 28.1 Å². The van der Waals surface area contributed by atoms with Gasteiger partial charge in [0.25, 0.3) is 5.91 Å². The molecule has 0 bridgehead atoms. The number of rotatable bonds is 5. The van der Waals surface area contributed by atoms with Crippen LogP contribution in [-0.4, -0.2) is 12.0 Å². The summed E-state index contributed by atoms with van der Waals surface area (Å²) >= 11 is 0. The summed E-state index contributed by atoms with van der Waals surface area (Å²) in [5, 5.41) is 2.85. The predicted molar refractivity (Wildman–Crippen MR) is 89.0 cm³/mol. The van der Waals surface area contributed by atoms with Crippen molar-refractivity contribution < 1.29 is 9.53 Å². The second kappa shape index (κ2) is 7.09. The minimum atomic E-state index is -0.581. The smallest absolute Gasteiger partial charge is 0.265 e. The van der Waals surface area contributed by atoms with E-state index in [0.29, 0.717) is 6.54 Å². The summed E-state index contributed by atoms with van der Waals surface area (Å²) in [6.07, 6.45) is -0.581. The van der Waals surface area contributed by atoms with Gasteiger partial charge in [0, 0.05) is 12.2 Å². The highest BCUT2D eigenvalue weighted by molar-refractivity contribution is 5.94. The summed E-state index contributed by atoms with van der Waals surface area (Å²) < 4.78 is 5.78. The SMILES string of the molecule is Cc1cccc(OC(C)C(=O)Nc2cccc(CN)c2)c1C. The molecular weight excluding hydrogens is 276 g/mol. The number of nitrogens with one attached hydrogen (secondary N) is 1. The van der Waals surface area contributed by atoms with Gasteiger partial charge in [-0.3, -0.25) is 4.79 Å². The van der Waals surface area contributed by atoms with Crippen LogP contribution in [0, 0.1) is 13.8 Å². The van der Waals surface area contributed by atoms with Crippen LogP contribution in [0.4, 0.5) is 5.69 Å². The van der Waals surface area contributed by atoms with Gasteiger partial charge in [-0.15, -0.1) is 0 Å². The van der Waals surface area contributed by atoms with E-state index < -0.39 is 6.10 Å². The van der Waals surface area contributed by atoms with Crippen LogP contribution >= 0.6 is 0 Å². The number of carbonyl (C=O) groups is 1. The molecule has 0 aromatic heterocycles. The van der Waals surface area contributed by atoms with E-state index >= 15 is 0 Å². The number of amides is 1. The molecular formula is C18H22N2O2. The first-order valence-corrected chi connectivity index (χ1v) is 7.34. The van der Waals surface area contributed by atoms with E-state index in [1.165, 1.54) is 0 Å². The second-order valence-electron chi connectivity index (χ2n) is 5.35.